The number of aliphatic hydroxyl groups is 3. The molecule has 0 spiro atoms. The molecule has 0 fully saturated rings. The van der Waals surface area contributed by atoms with E-state index in [2.05, 4.69) is 0 Å². The van der Waals surface area contributed by atoms with Crippen LogP contribution in [0.15, 0.2) is 36.4 Å². The third kappa shape index (κ3) is 3.70. The molecule has 0 saturated carbocycles. The van der Waals surface area contributed by atoms with Crippen LogP contribution in [-0.4, -0.2) is 32.6 Å². The third-order valence-corrected chi connectivity index (χ3v) is 2.56. The predicted molar refractivity (Wildman–Crippen MR) is 69.9 cm³/mol. The van der Waals surface area contributed by atoms with Crippen molar-refractivity contribution in [2.75, 3.05) is 0 Å². The van der Waals surface area contributed by atoms with Crippen LogP contribution in [0.3, 0.4) is 0 Å². The Labute approximate surface area is 106 Å². The van der Waals surface area contributed by atoms with Crippen molar-refractivity contribution in [3.63, 3.8) is 0 Å². The summed E-state index contributed by atoms with van der Waals surface area (Å²) >= 11 is 0. The van der Waals surface area contributed by atoms with Gasteiger partial charge in [-0.1, -0.05) is 36.4 Å². The monoisotopic (exact) mass is 250 g/mol. The molecule has 0 bridgehead atoms. The molecule has 0 aromatic heterocycles. The Hall–Kier alpha value is -1.62. The van der Waals surface area contributed by atoms with E-state index in [9.17, 15) is 15.3 Å². The molecule has 98 valence electrons. The Morgan fingerprint density at radius 1 is 1.17 bits per heavy atom. The van der Waals surface area contributed by atoms with Gasteiger partial charge in [-0.25, -0.2) is 0 Å². The van der Waals surface area contributed by atoms with Gasteiger partial charge in [0.1, 0.15) is 18.0 Å². The maximum Gasteiger partial charge on any atom is 0.121 e. The summed E-state index contributed by atoms with van der Waals surface area (Å²) in [7, 11) is 0. The molecule has 0 unspecified atom stereocenters. The zero-order chi connectivity index (χ0) is 13.5. The van der Waals surface area contributed by atoms with Gasteiger partial charge >= 0.3 is 0 Å². The lowest BCUT2D eigenvalue weighted by atomic mass is 10.0. The van der Waals surface area contributed by atoms with Gasteiger partial charge in [-0.2, -0.15) is 0 Å². The number of aliphatic hydroxyl groups excluding tert-OH is 3. The number of hydrogen-bond donors (Lipinski definition) is 4. The number of phenols is 1. The van der Waals surface area contributed by atoms with E-state index in [1.54, 1.807) is 31.2 Å². The molecule has 4 heteroatoms. The van der Waals surface area contributed by atoms with Crippen LogP contribution >= 0.6 is 0 Å². The summed E-state index contributed by atoms with van der Waals surface area (Å²) in [6, 6.07) is 4.83. The van der Waals surface area contributed by atoms with Crippen molar-refractivity contribution in [3.05, 3.63) is 47.6 Å². The summed E-state index contributed by atoms with van der Waals surface area (Å²) in [6.45, 7) is 1.46. The van der Waals surface area contributed by atoms with E-state index in [4.69, 9.17) is 5.11 Å². The minimum atomic E-state index is -1.03. The predicted octanol–water partition coefficient (Wildman–Crippen LogP) is 1.20. The largest absolute Gasteiger partial charge is 0.508 e. The summed E-state index contributed by atoms with van der Waals surface area (Å²) in [6.07, 6.45) is 4.09. The lowest BCUT2D eigenvalue weighted by Gasteiger charge is -2.10. The summed E-state index contributed by atoms with van der Waals surface area (Å²) in [4.78, 5) is 0. The van der Waals surface area contributed by atoms with Gasteiger partial charge in [0.05, 0.1) is 6.61 Å². The van der Waals surface area contributed by atoms with Crippen molar-refractivity contribution in [2.45, 2.75) is 25.7 Å². The maximum atomic E-state index is 9.63. The van der Waals surface area contributed by atoms with Crippen LogP contribution in [0.25, 0.3) is 6.08 Å². The number of rotatable bonds is 5. The molecule has 2 atom stereocenters. The fraction of sp³-hybridized carbons (Fsp3) is 0.286. The quantitative estimate of drug-likeness (QED) is 0.592. The normalized spacial score (nSPS) is 15.3. The minimum absolute atomic E-state index is 0.00291. The first kappa shape index (κ1) is 14.4. The van der Waals surface area contributed by atoms with Crippen LogP contribution in [0.2, 0.25) is 0 Å². The lowest BCUT2D eigenvalue weighted by Crippen LogP contribution is -2.20. The summed E-state index contributed by atoms with van der Waals surface area (Å²) < 4.78 is 0. The van der Waals surface area contributed by atoms with Crippen LogP contribution in [0.5, 0.6) is 5.75 Å². The number of hydrogen-bond acceptors (Lipinski definition) is 4. The van der Waals surface area contributed by atoms with Crippen LogP contribution in [0.4, 0.5) is 0 Å². The molecule has 0 aliphatic carbocycles. The Morgan fingerprint density at radius 3 is 2.44 bits per heavy atom. The van der Waals surface area contributed by atoms with E-state index in [1.807, 2.05) is 0 Å². The number of aromatic hydroxyl groups is 1. The highest BCUT2D eigenvalue weighted by atomic mass is 16.3. The first-order valence-corrected chi connectivity index (χ1v) is 5.69. The molecule has 0 aliphatic rings. The highest BCUT2D eigenvalue weighted by molar-refractivity contribution is 5.58. The SMILES string of the molecule is C/C=C/[C@H](O)[C@H](O)/C=C/c1cccc(O)c1CO. The average Bonchev–Trinajstić information content (AvgIpc) is 2.36. The van der Waals surface area contributed by atoms with Crippen molar-refractivity contribution in [1.82, 2.24) is 0 Å². The van der Waals surface area contributed by atoms with Crippen molar-refractivity contribution < 1.29 is 20.4 Å². The van der Waals surface area contributed by atoms with Gasteiger partial charge in [0.15, 0.2) is 0 Å². The summed E-state index contributed by atoms with van der Waals surface area (Å²) in [5.74, 6) is 0.00291. The Morgan fingerprint density at radius 2 is 1.83 bits per heavy atom. The summed E-state index contributed by atoms with van der Waals surface area (Å²) in [5, 5.41) is 37.8. The highest BCUT2D eigenvalue weighted by Crippen LogP contribution is 2.22. The van der Waals surface area contributed by atoms with Crippen LogP contribution in [-0.2, 0) is 6.61 Å². The van der Waals surface area contributed by atoms with E-state index in [0.717, 1.165) is 0 Å². The summed E-state index contributed by atoms with van der Waals surface area (Å²) in [5.41, 5.74) is 0.991. The standard InChI is InChI=1S/C14H18O4/c1-2-4-13(17)14(18)8-7-10-5-3-6-12(16)11(10)9-15/h2-8,13-18H,9H2,1H3/b4-2+,8-7+/t13-,14+/m0/s1. The lowest BCUT2D eigenvalue weighted by molar-refractivity contribution is 0.0812. The number of allylic oxidation sites excluding steroid dienone is 1. The zero-order valence-electron chi connectivity index (χ0n) is 10.2. The molecule has 1 rings (SSSR count). The smallest absolute Gasteiger partial charge is 0.121 e. The molecule has 0 aliphatic heterocycles. The van der Waals surface area contributed by atoms with E-state index in [-0.39, 0.29) is 12.4 Å². The van der Waals surface area contributed by atoms with Crippen molar-refractivity contribution in [3.8, 4) is 5.75 Å². The van der Waals surface area contributed by atoms with Gasteiger partial charge in [-0.3, -0.25) is 0 Å². The van der Waals surface area contributed by atoms with Crippen molar-refractivity contribution in [2.24, 2.45) is 0 Å². The van der Waals surface area contributed by atoms with Crippen molar-refractivity contribution in [1.29, 1.82) is 0 Å². The Kier molecular flexibility index (Phi) is 5.58. The minimum Gasteiger partial charge on any atom is -0.508 e. The van der Waals surface area contributed by atoms with Crippen LogP contribution in [0, 0.1) is 0 Å². The Bertz CT molecular complexity index is 437. The molecular formula is C14H18O4. The molecule has 0 amide bonds. The van der Waals surface area contributed by atoms with E-state index in [0.29, 0.717) is 11.1 Å². The topological polar surface area (TPSA) is 80.9 Å². The van der Waals surface area contributed by atoms with E-state index in [1.165, 1.54) is 18.2 Å². The molecular weight excluding hydrogens is 232 g/mol. The first-order chi connectivity index (χ1) is 8.60. The second-order valence-electron chi connectivity index (χ2n) is 3.87. The second-order valence-corrected chi connectivity index (χ2v) is 3.87. The molecule has 4 nitrogen and oxygen atoms in total. The fourth-order valence-electron chi connectivity index (χ4n) is 1.55. The van der Waals surface area contributed by atoms with Gasteiger partial charge in [0.25, 0.3) is 0 Å². The number of benzene rings is 1. The molecule has 0 heterocycles. The second kappa shape index (κ2) is 6.96. The average molecular weight is 250 g/mol. The molecule has 0 radical (unpaired) electrons. The molecule has 4 N–H and O–H groups in total. The molecule has 1 aromatic rings. The first-order valence-electron chi connectivity index (χ1n) is 5.69. The van der Waals surface area contributed by atoms with Crippen LogP contribution < -0.4 is 0 Å². The molecule has 0 saturated heterocycles. The van der Waals surface area contributed by atoms with Gasteiger partial charge in [0, 0.05) is 5.56 Å². The van der Waals surface area contributed by atoms with Gasteiger partial charge in [-0.05, 0) is 18.6 Å². The highest BCUT2D eigenvalue weighted by Gasteiger charge is 2.09. The zero-order valence-corrected chi connectivity index (χ0v) is 10.2. The maximum absolute atomic E-state index is 9.63. The van der Waals surface area contributed by atoms with Crippen molar-refractivity contribution >= 4 is 6.08 Å². The Balaban J connectivity index is 2.87. The fourth-order valence-corrected chi connectivity index (χ4v) is 1.55. The van der Waals surface area contributed by atoms with E-state index >= 15 is 0 Å². The molecule has 18 heavy (non-hydrogen) atoms. The third-order valence-electron chi connectivity index (χ3n) is 2.56. The van der Waals surface area contributed by atoms with Crippen LogP contribution in [0.1, 0.15) is 18.1 Å². The molecule has 1 aromatic carbocycles. The van der Waals surface area contributed by atoms with E-state index < -0.39 is 12.2 Å². The van der Waals surface area contributed by atoms with Gasteiger partial charge < -0.3 is 20.4 Å². The van der Waals surface area contributed by atoms with Gasteiger partial charge in [-0.15, -0.1) is 0 Å². The van der Waals surface area contributed by atoms with Gasteiger partial charge in [0.2, 0.25) is 0 Å².